The number of nitrogens with zero attached hydrogens (tertiary/aromatic N) is 1. The van der Waals surface area contributed by atoms with Gasteiger partial charge in [0, 0.05) is 49.2 Å². The first kappa shape index (κ1) is 22.0. The molecule has 0 unspecified atom stereocenters. The number of aromatic amines is 1. The van der Waals surface area contributed by atoms with Crippen LogP contribution in [0.1, 0.15) is 30.5 Å². The van der Waals surface area contributed by atoms with Crippen LogP contribution in [0.3, 0.4) is 0 Å². The van der Waals surface area contributed by atoms with Gasteiger partial charge in [-0.1, -0.05) is 104 Å². The third kappa shape index (κ3) is 2.48. The summed E-state index contributed by atoms with van der Waals surface area (Å²) in [4.78, 5) is 3.79. The molecule has 10 rings (SSSR count). The Labute approximate surface area is 238 Å². The fraction of sp³-hybridized carbons (Fsp3) is 0.105. The number of hydrogen-bond acceptors (Lipinski definition) is 0. The summed E-state index contributed by atoms with van der Waals surface area (Å²) < 4.78 is 2.66. The summed E-state index contributed by atoms with van der Waals surface area (Å²) in [5, 5.41) is 8.09. The summed E-state index contributed by atoms with van der Waals surface area (Å²) in [7, 11) is 0.936. The second-order valence-corrected chi connectivity index (χ2v) is 12.7. The van der Waals surface area contributed by atoms with E-state index in [2.05, 4.69) is 127 Å². The van der Waals surface area contributed by atoms with Gasteiger partial charge in [-0.2, -0.15) is 0 Å². The largest absolute Gasteiger partial charge is 0.354 e. The highest BCUT2D eigenvalue weighted by Gasteiger charge is 2.40. The first-order valence-electron chi connectivity index (χ1n) is 14.7. The van der Waals surface area contributed by atoms with Crippen LogP contribution in [0.5, 0.6) is 0 Å². The Kier molecular flexibility index (Phi) is 3.81. The summed E-state index contributed by atoms with van der Waals surface area (Å²) in [6, 6.07) is 36.4. The van der Waals surface area contributed by atoms with Gasteiger partial charge in [0.25, 0.3) is 0 Å². The highest BCUT2D eigenvalue weighted by atomic mass is 15.0. The number of rotatable bonds is 1. The van der Waals surface area contributed by atoms with Gasteiger partial charge in [-0.25, -0.2) is 0 Å². The van der Waals surface area contributed by atoms with Crippen molar-refractivity contribution in [1.29, 1.82) is 0 Å². The zero-order chi connectivity index (χ0) is 27.2. The number of aromatic nitrogens is 2. The SMILES string of the molecule is Cc1cc(-c2cccc3c2[nH]c2ccccc23)c2c3c1c1c4ccccc4cc4c1n3-c1c(cccc1C4(C)C)B2. The van der Waals surface area contributed by atoms with E-state index >= 15 is 0 Å². The van der Waals surface area contributed by atoms with E-state index in [1.807, 2.05) is 0 Å². The molecular formula is C38H27BN2. The Morgan fingerprint density at radius 1 is 0.683 bits per heavy atom. The molecule has 0 amide bonds. The molecule has 0 fully saturated rings. The normalized spacial score (nSPS) is 14.6. The van der Waals surface area contributed by atoms with E-state index in [9.17, 15) is 0 Å². The van der Waals surface area contributed by atoms with Crippen LogP contribution in [0, 0.1) is 6.92 Å². The predicted molar refractivity (Wildman–Crippen MR) is 176 cm³/mol. The van der Waals surface area contributed by atoms with Gasteiger partial charge in [0.05, 0.1) is 11.0 Å². The van der Waals surface area contributed by atoms with Crippen molar-refractivity contribution in [1.82, 2.24) is 9.55 Å². The fourth-order valence-electron chi connectivity index (χ4n) is 8.39. The minimum absolute atomic E-state index is 0.0812. The van der Waals surface area contributed by atoms with Gasteiger partial charge < -0.3 is 9.55 Å². The molecule has 4 heterocycles. The van der Waals surface area contributed by atoms with Crippen LogP contribution in [0.4, 0.5) is 0 Å². The summed E-state index contributed by atoms with van der Waals surface area (Å²) in [6.07, 6.45) is 0. The summed E-state index contributed by atoms with van der Waals surface area (Å²) in [5.74, 6) is 0. The Bertz CT molecular complexity index is 2490. The molecule has 0 aliphatic carbocycles. The van der Waals surface area contributed by atoms with Crippen molar-refractivity contribution in [3.8, 4) is 16.8 Å². The minimum Gasteiger partial charge on any atom is -0.354 e. The molecule has 0 bridgehead atoms. The third-order valence-corrected chi connectivity index (χ3v) is 10.2. The zero-order valence-corrected chi connectivity index (χ0v) is 23.4. The van der Waals surface area contributed by atoms with E-state index in [-0.39, 0.29) is 5.41 Å². The molecule has 0 saturated heterocycles. The lowest BCUT2D eigenvalue weighted by Crippen LogP contribution is -2.41. The molecule has 3 heteroatoms. The quantitative estimate of drug-likeness (QED) is 0.212. The van der Waals surface area contributed by atoms with Gasteiger partial charge in [0.1, 0.15) is 0 Å². The van der Waals surface area contributed by atoms with Gasteiger partial charge in [-0.15, -0.1) is 0 Å². The minimum atomic E-state index is -0.0812. The topological polar surface area (TPSA) is 20.7 Å². The third-order valence-electron chi connectivity index (χ3n) is 10.2. The van der Waals surface area contributed by atoms with Crippen LogP contribution in [-0.4, -0.2) is 16.8 Å². The Balaban J connectivity index is 1.46. The lowest BCUT2D eigenvalue weighted by Gasteiger charge is -2.38. The number of hydrogen-bond donors (Lipinski definition) is 1. The summed E-state index contributed by atoms with van der Waals surface area (Å²) in [6.45, 7) is 7.15. The van der Waals surface area contributed by atoms with Crippen molar-refractivity contribution in [3.05, 3.63) is 114 Å². The molecule has 0 saturated carbocycles. The summed E-state index contributed by atoms with van der Waals surface area (Å²) >= 11 is 0. The van der Waals surface area contributed by atoms with Crippen LogP contribution >= 0.6 is 0 Å². The number of fused-ring (bicyclic) bond motifs is 6. The van der Waals surface area contributed by atoms with Gasteiger partial charge in [0.15, 0.2) is 7.28 Å². The maximum atomic E-state index is 3.79. The van der Waals surface area contributed by atoms with Crippen LogP contribution in [0.2, 0.25) is 0 Å². The smallest absolute Gasteiger partial charge is 0.198 e. The van der Waals surface area contributed by atoms with Crippen molar-refractivity contribution in [2.75, 3.05) is 0 Å². The lowest BCUT2D eigenvalue weighted by atomic mass is 9.57. The molecule has 8 aromatic rings. The van der Waals surface area contributed by atoms with Crippen molar-refractivity contribution >= 4 is 72.6 Å². The average molecular weight is 522 g/mol. The van der Waals surface area contributed by atoms with Crippen LogP contribution in [0.25, 0.3) is 71.2 Å². The molecule has 2 aromatic heterocycles. The highest BCUT2D eigenvalue weighted by molar-refractivity contribution is 6.73. The molecule has 41 heavy (non-hydrogen) atoms. The maximum absolute atomic E-state index is 3.79. The molecule has 0 atom stereocenters. The number of benzene rings is 6. The highest BCUT2D eigenvalue weighted by Crippen LogP contribution is 2.51. The van der Waals surface area contributed by atoms with Gasteiger partial charge in [0.2, 0.25) is 0 Å². The average Bonchev–Trinajstić information content (AvgIpc) is 3.55. The first-order chi connectivity index (χ1) is 20.0. The van der Waals surface area contributed by atoms with E-state index in [1.165, 1.54) is 98.8 Å². The van der Waals surface area contributed by atoms with Gasteiger partial charge in [-0.3, -0.25) is 0 Å². The van der Waals surface area contributed by atoms with Gasteiger partial charge >= 0.3 is 0 Å². The molecule has 192 valence electrons. The molecule has 2 aliphatic heterocycles. The molecule has 2 nitrogen and oxygen atoms in total. The van der Waals surface area contributed by atoms with E-state index in [0.717, 1.165) is 7.28 Å². The van der Waals surface area contributed by atoms with E-state index in [4.69, 9.17) is 0 Å². The standard InChI is InChI=1S/C38H27BN2/c1-20-18-26(25-14-8-13-24-23-12-6-7-17-30(23)40-34(24)25)33-37-31(20)32-22-11-5-4-10-21(22)19-28-36(32)41(37)35-27(38(28,2)3)15-9-16-29(35)39-33/h4-19,39-40H,1-3H3. The second-order valence-electron chi connectivity index (χ2n) is 12.7. The molecule has 2 aliphatic rings. The van der Waals surface area contributed by atoms with Gasteiger partial charge in [-0.05, 0) is 57.5 Å². The number of aryl methyl sites for hydroxylation is 1. The Hall–Kier alpha value is -4.76. The molecule has 6 aromatic carbocycles. The Morgan fingerprint density at radius 2 is 1.46 bits per heavy atom. The monoisotopic (exact) mass is 522 g/mol. The van der Waals surface area contributed by atoms with E-state index in [0.29, 0.717) is 0 Å². The van der Waals surface area contributed by atoms with Crippen molar-refractivity contribution in [2.45, 2.75) is 26.2 Å². The van der Waals surface area contributed by atoms with Crippen molar-refractivity contribution in [3.63, 3.8) is 0 Å². The fourth-order valence-corrected chi connectivity index (χ4v) is 8.39. The molecule has 0 spiro atoms. The zero-order valence-electron chi connectivity index (χ0n) is 23.4. The number of H-pyrrole nitrogens is 1. The van der Waals surface area contributed by atoms with Crippen LogP contribution < -0.4 is 10.9 Å². The summed E-state index contributed by atoms with van der Waals surface area (Å²) in [5.41, 5.74) is 16.3. The van der Waals surface area contributed by atoms with Crippen LogP contribution in [-0.2, 0) is 5.41 Å². The van der Waals surface area contributed by atoms with E-state index in [1.54, 1.807) is 0 Å². The predicted octanol–water partition coefficient (Wildman–Crippen LogP) is 7.89. The first-order valence-corrected chi connectivity index (χ1v) is 14.7. The van der Waals surface area contributed by atoms with Crippen molar-refractivity contribution in [2.24, 2.45) is 0 Å². The lowest BCUT2D eigenvalue weighted by molar-refractivity contribution is 0.632. The maximum Gasteiger partial charge on any atom is 0.198 e. The number of para-hydroxylation sites is 3. The second kappa shape index (κ2) is 7.11. The Morgan fingerprint density at radius 3 is 2.37 bits per heavy atom. The van der Waals surface area contributed by atoms with Crippen LogP contribution in [0.15, 0.2) is 97.1 Å². The van der Waals surface area contributed by atoms with Crippen molar-refractivity contribution < 1.29 is 0 Å². The molecule has 0 radical (unpaired) electrons. The molecular weight excluding hydrogens is 495 g/mol. The number of nitrogens with one attached hydrogen (secondary N) is 1. The van der Waals surface area contributed by atoms with E-state index < -0.39 is 0 Å². The molecule has 1 N–H and O–H groups in total.